The van der Waals surface area contributed by atoms with Gasteiger partial charge in [0.15, 0.2) is 5.82 Å². The molecule has 2 rings (SSSR count). The Kier molecular flexibility index (Phi) is 8.14. The van der Waals surface area contributed by atoms with E-state index in [-0.39, 0.29) is 0 Å². The molecule has 8 nitrogen and oxygen atoms in total. The molecular formula is C18H25N5O3. The Hall–Kier alpha value is -2.87. The minimum absolute atomic E-state index is 0.355. The molecule has 0 unspecified atom stereocenters. The van der Waals surface area contributed by atoms with Crippen LogP contribution in [0.25, 0.3) is 0 Å². The molecule has 26 heavy (non-hydrogen) atoms. The summed E-state index contributed by atoms with van der Waals surface area (Å²) in [5.41, 5.74) is 1.03. The van der Waals surface area contributed by atoms with Crippen LogP contribution in [0.15, 0.2) is 42.6 Å². The van der Waals surface area contributed by atoms with E-state index in [9.17, 15) is 9.59 Å². The zero-order valence-electron chi connectivity index (χ0n) is 14.9. The molecule has 0 radical (unpaired) electrons. The Bertz CT molecular complexity index is 687. The van der Waals surface area contributed by atoms with Crippen LogP contribution >= 0.6 is 0 Å². The van der Waals surface area contributed by atoms with Crippen molar-refractivity contribution in [1.29, 1.82) is 0 Å². The maximum Gasteiger partial charge on any atom is 0.314 e. The van der Waals surface area contributed by atoms with E-state index in [0.29, 0.717) is 38.5 Å². The highest BCUT2D eigenvalue weighted by molar-refractivity contribution is 6.39. The number of hydrogen-bond donors (Lipinski definition) is 3. The highest BCUT2D eigenvalue weighted by atomic mass is 16.5. The molecule has 2 amide bonds. The van der Waals surface area contributed by atoms with Crippen LogP contribution in [0.2, 0.25) is 0 Å². The first-order chi connectivity index (χ1) is 12.7. The van der Waals surface area contributed by atoms with Gasteiger partial charge in [-0.2, -0.15) is 5.10 Å². The highest BCUT2D eigenvalue weighted by Crippen LogP contribution is 2.04. The number of amides is 2. The molecule has 0 aliphatic rings. The van der Waals surface area contributed by atoms with Gasteiger partial charge in [-0.1, -0.05) is 18.2 Å². The third-order valence-corrected chi connectivity index (χ3v) is 3.57. The molecule has 1 aromatic carbocycles. The van der Waals surface area contributed by atoms with E-state index in [1.54, 1.807) is 24.1 Å². The number of para-hydroxylation sites is 1. The average molecular weight is 359 g/mol. The summed E-state index contributed by atoms with van der Waals surface area (Å²) in [7, 11) is 1.64. The molecule has 0 fully saturated rings. The molecule has 0 saturated carbocycles. The van der Waals surface area contributed by atoms with E-state index >= 15 is 0 Å². The molecule has 8 heteroatoms. The van der Waals surface area contributed by atoms with Gasteiger partial charge in [-0.05, 0) is 25.0 Å². The summed E-state index contributed by atoms with van der Waals surface area (Å²) in [6, 6.07) is 11.5. The van der Waals surface area contributed by atoms with Crippen LogP contribution in [-0.2, 0) is 20.9 Å². The van der Waals surface area contributed by atoms with Crippen LogP contribution in [0, 0.1) is 0 Å². The molecule has 0 spiro atoms. The lowest BCUT2D eigenvalue weighted by atomic mass is 10.3. The first-order valence-corrected chi connectivity index (χ1v) is 8.59. The SMILES string of the molecule is COCCCn1ccc(NC(=O)C(=O)NCCCNc2ccccc2)n1. The van der Waals surface area contributed by atoms with Gasteiger partial charge < -0.3 is 20.7 Å². The summed E-state index contributed by atoms with van der Waals surface area (Å²) >= 11 is 0. The zero-order valence-corrected chi connectivity index (χ0v) is 14.9. The summed E-state index contributed by atoms with van der Waals surface area (Å²) < 4.78 is 6.67. The minimum atomic E-state index is -0.719. The van der Waals surface area contributed by atoms with Gasteiger partial charge in [0.25, 0.3) is 0 Å². The van der Waals surface area contributed by atoms with Gasteiger partial charge in [0.05, 0.1) is 0 Å². The van der Waals surface area contributed by atoms with E-state index in [1.165, 1.54) is 0 Å². The second-order valence-corrected chi connectivity index (χ2v) is 5.67. The second-order valence-electron chi connectivity index (χ2n) is 5.67. The van der Waals surface area contributed by atoms with Crippen molar-refractivity contribution in [2.45, 2.75) is 19.4 Å². The van der Waals surface area contributed by atoms with Crippen molar-refractivity contribution < 1.29 is 14.3 Å². The summed E-state index contributed by atoms with van der Waals surface area (Å²) in [6.07, 6.45) is 3.28. The number of aromatic nitrogens is 2. The van der Waals surface area contributed by atoms with E-state index in [0.717, 1.165) is 12.1 Å². The van der Waals surface area contributed by atoms with Gasteiger partial charge >= 0.3 is 11.8 Å². The number of nitrogens with one attached hydrogen (secondary N) is 3. The van der Waals surface area contributed by atoms with Gasteiger partial charge in [-0.3, -0.25) is 14.3 Å². The van der Waals surface area contributed by atoms with Crippen LogP contribution in [0.4, 0.5) is 11.5 Å². The third-order valence-electron chi connectivity index (χ3n) is 3.57. The van der Waals surface area contributed by atoms with E-state index in [4.69, 9.17) is 4.74 Å². The Morgan fingerprint density at radius 1 is 1.08 bits per heavy atom. The first kappa shape index (κ1) is 19.5. The molecule has 140 valence electrons. The van der Waals surface area contributed by atoms with E-state index in [2.05, 4.69) is 21.0 Å². The third kappa shape index (κ3) is 6.94. The molecule has 2 aromatic rings. The van der Waals surface area contributed by atoms with Crippen molar-refractivity contribution in [3.8, 4) is 0 Å². The number of carbonyl (C=O) groups is 2. The van der Waals surface area contributed by atoms with Gasteiger partial charge in [0.1, 0.15) is 0 Å². The number of methoxy groups -OCH3 is 1. The molecule has 0 bridgehead atoms. The Labute approximate surface area is 152 Å². The largest absolute Gasteiger partial charge is 0.385 e. The van der Waals surface area contributed by atoms with Crippen molar-refractivity contribution >= 4 is 23.3 Å². The lowest BCUT2D eigenvalue weighted by Crippen LogP contribution is -2.36. The van der Waals surface area contributed by atoms with Crippen molar-refractivity contribution in [1.82, 2.24) is 15.1 Å². The Morgan fingerprint density at radius 3 is 2.65 bits per heavy atom. The molecule has 0 aliphatic heterocycles. The van der Waals surface area contributed by atoms with Crippen LogP contribution < -0.4 is 16.0 Å². The van der Waals surface area contributed by atoms with Gasteiger partial charge in [0.2, 0.25) is 0 Å². The molecule has 3 N–H and O–H groups in total. The average Bonchev–Trinajstić information content (AvgIpc) is 3.09. The van der Waals surface area contributed by atoms with Gasteiger partial charge in [0, 0.05) is 51.3 Å². The van der Waals surface area contributed by atoms with E-state index in [1.807, 2.05) is 30.3 Å². The van der Waals surface area contributed by atoms with Crippen molar-refractivity contribution in [3.05, 3.63) is 42.6 Å². The summed E-state index contributed by atoms with van der Waals surface area (Å²) in [6.45, 7) is 2.45. The highest BCUT2D eigenvalue weighted by Gasteiger charge is 2.14. The lowest BCUT2D eigenvalue weighted by molar-refractivity contribution is -0.136. The number of nitrogens with zero attached hydrogens (tertiary/aromatic N) is 2. The smallest absolute Gasteiger partial charge is 0.314 e. The first-order valence-electron chi connectivity index (χ1n) is 8.59. The zero-order chi connectivity index (χ0) is 18.6. The monoisotopic (exact) mass is 359 g/mol. The van der Waals surface area contributed by atoms with Gasteiger partial charge in [-0.15, -0.1) is 0 Å². The predicted octanol–water partition coefficient (Wildman–Crippen LogP) is 1.48. The fourth-order valence-corrected chi connectivity index (χ4v) is 2.26. The van der Waals surface area contributed by atoms with Crippen LogP contribution in [0.1, 0.15) is 12.8 Å². The topological polar surface area (TPSA) is 97.3 Å². The summed E-state index contributed by atoms with van der Waals surface area (Å²) in [5, 5.41) is 12.5. The summed E-state index contributed by atoms with van der Waals surface area (Å²) in [4.78, 5) is 23.7. The molecule has 0 saturated heterocycles. The number of ether oxygens (including phenoxy) is 1. The molecule has 1 heterocycles. The minimum Gasteiger partial charge on any atom is -0.385 e. The maximum atomic E-state index is 11.9. The van der Waals surface area contributed by atoms with Crippen molar-refractivity contribution in [2.24, 2.45) is 0 Å². The number of anilines is 2. The fourth-order valence-electron chi connectivity index (χ4n) is 2.26. The van der Waals surface area contributed by atoms with Crippen LogP contribution in [-0.4, -0.2) is 48.4 Å². The number of hydrogen-bond acceptors (Lipinski definition) is 5. The molecular weight excluding hydrogens is 334 g/mol. The Morgan fingerprint density at radius 2 is 1.88 bits per heavy atom. The fraction of sp³-hybridized carbons (Fsp3) is 0.389. The number of rotatable bonds is 10. The van der Waals surface area contributed by atoms with E-state index < -0.39 is 11.8 Å². The second kappa shape index (κ2) is 10.9. The summed E-state index contributed by atoms with van der Waals surface area (Å²) in [5.74, 6) is -1.03. The lowest BCUT2D eigenvalue weighted by Gasteiger charge is -2.07. The maximum absolute atomic E-state index is 11.9. The Balaban J connectivity index is 1.62. The number of aryl methyl sites for hydroxylation is 1. The quantitative estimate of drug-likeness (QED) is 0.441. The van der Waals surface area contributed by atoms with Crippen LogP contribution in [0.5, 0.6) is 0 Å². The van der Waals surface area contributed by atoms with Gasteiger partial charge in [-0.25, -0.2) is 0 Å². The number of carbonyl (C=O) groups excluding carboxylic acids is 2. The molecule has 1 aromatic heterocycles. The molecule has 0 aliphatic carbocycles. The molecule has 0 atom stereocenters. The standard InChI is InChI=1S/C18H25N5O3/c1-26-14-6-12-23-13-9-16(22-23)21-18(25)17(24)20-11-5-10-19-15-7-3-2-4-8-15/h2-4,7-9,13,19H,5-6,10-12,14H2,1H3,(H,20,24)(H,21,22,25). The van der Waals surface area contributed by atoms with Crippen molar-refractivity contribution in [2.75, 3.05) is 37.4 Å². The van der Waals surface area contributed by atoms with Crippen molar-refractivity contribution in [3.63, 3.8) is 0 Å². The normalized spacial score (nSPS) is 10.3. The predicted molar refractivity (Wildman–Crippen MR) is 99.9 cm³/mol. The van der Waals surface area contributed by atoms with Crippen LogP contribution in [0.3, 0.4) is 0 Å². The number of benzene rings is 1.